The number of hydrogen-bond donors (Lipinski definition) is 0. The van der Waals surface area contributed by atoms with Crippen LogP contribution in [0.15, 0.2) is 59.5 Å². The number of carbonyl (C=O) groups excluding carboxylic acids is 1. The van der Waals surface area contributed by atoms with Crippen LogP contribution in [-0.4, -0.2) is 51.3 Å². The Morgan fingerprint density at radius 2 is 1.83 bits per heavy atom. The monoisotopic (exact) mass is 430 g/mol. The highest BCUT2D eigenvalue weighted by Gasteiger charge is 2.32. The van der Waals surface area contributed by atoms with Crippen molar-refractivity contribution in [2.75, 3.05) is 30.8 Å². The second kappa shape index (κ2) is 9.51. The summed E-state index contributed by atoms with van der Waals surface area (Å²) in [6.07, 6.45) is 1.77. The topological polar surface area (TPSA) is 66.9 Å². The van der Waals surface area contributed by atoms with Crippen molar-refractivity contribution < 1.29 is 17.9 Å². The standard InChI is InChI=1S/C23H30N2O4S/c1-18(2)14-21-16-24(20-10-7-11-22(15-20)30(3,27)28)12-13-25(21)23(26)29-17-19-8-5-4-6-9-19/h4-11,15,18,21H,12-14,16-17H2,1-3H3/t21-/m1/s1. The number of nitrogens with zero attached hydrogens (tertiary/aromatic N) is 2. The largest absolute Gasteiger partial charge is 0.445 e. The number of ether oxygens (including phenoxy) is 1. The van der Waals surface area contributed by atoms with Crippen LogP contribution in [0.2, 0.25) is 0 Å². The predicted octanol–water partition coefficient (Wildman–Crippen LogP) is 3.96. The molecule has 0 radical (unpaired) electrons. The fourth-order valence-electron chi connectivity index (χ4n) is 3.79. The van der Waals surface area contributed by atoms with Gasteiger partial charge in [0.25, 0.3) is 0 Å². The molecule has 0 saturated carbocycles. The summed E-state index contributed by atoms with van der Waals surface area (Å²) < 4.78 is 29.4. The van der Waals surface area contributed by atoms with Crippen molar-refractivity contribution in [3.63, 3.8) is 0 Å². The molecule has 0 aliphatic carbocycles. The van der Waals surface area contributed by atoms with Gasteiger partial charge in [0, 0.05) is 31.6 Å². The van der Waals surface area contributed by atoms with Gasteiger partial charge in [-0.25, -0.2) is 13.2 Å². The van der Waals surface area contributed by atoms with Gasteiger partial charge in [-0.1, -0.05) is 50.2 Å². The SMILES string of the molecule is CC(C)C[C@@H]1CN(c2cccc(S(C)(=O)=O)c2)CCN1C(=O)OCc1ccccc1. The lowest BCUT2D eigenvalue weighted by atomic mass is 10.00. The van der Waals surface area contributed by atoms with Gasteiger partial charge in [-0.2, -0.15) is 0 Å². The van der Waals surface area contributed by atoms with E-state index in [2.05, 4.69) is 18.7 Å². The van der Waals surface area contributed by atoms with Gasteiger partial charge >= 0.3 is 6.09 Å². The normalized spacial score (nSPS) is 17.3. The first-order chi connectivity index (χ1) is 14.2. The molecule has 1 aliphatic rings. The first kappa shape index (κ1) is 22.2. The Balaban J connectivity index is 1.71. The van der Waals surface area contributed by atoms with Gasteiger partial charge < -0.3 is 14.5 Å². The molecule has 7 heteroatoms. The minimum absolute atomic E-state index is 0.00362. The highest BCUT2D eigenvalue weighted by atomic mass is 32.2. The van der Waals surface area contributed by atoms with E-state index in [-0.39, 0.29) is 18.7 Å². The number of benzene rings is 2. The van der Waals surface area contributed by atoms with Crippen molar-refractivity contribution in [2.45, 2.75) is 37.8 Å². The van der Waals surface area contributed by atoms with Crippen LogP contribution in [0, 0.1) is 5.92 Å². The Bertz CT molecular complexity index is 960. The van der Waals surface area contributed by atoms with Gasteiger partial charge in [-0.05, 0) is 36.1 Å². The third-order valence-corrected chi connectivity index (χ3v) is 6.39. The van der Waals surface area contributed by atoms with E-state index in [4.69, 9.17) is 4.74 Å². The molecule has 0 spiro atoms. The number of amides is 1. The quantitative estimate of drug-likeness (QED) is 0.694. The van der Waals surface area contributed by atoms with Crippen molar-refractivity contribution in [2.24, 2.45) is 5.92 Å². The number of hydrogen-bond acceptors (Lipinski definition) is 5. The Morgan fingerprint density at radius 3 is 2.50 bits per heavy atom. The fraction of sp³-hybridized carbons (Fsp3) is 0.435. The van der Waals surface area contributed by atoms with Crippen LogP contribution in [0.3, 0.4) is 0 Å². The molecule has 0 unspecified atom stereocenters. The summed E-state index contributed by atoms with van der Waals surface area (Å²) in [6, 6.07) is 16.7. The Labute approximate surface area is 179 Å². The van der Waals surface area contributed by atoms with Gasteiger partial charge in [-0.15, -0.1) is 0 Å². The lowest BCUT2D eigenvalue weighted by molar-refractivity contribution is 0.0715. The molecule has 0 N–H and O–H groups in total. The summed E-state index contributed by atoms with van der Waals surface area (Å²) in [5, 5.41) is 0. The third-order valence-electron chi connectivity index (χ3n) is 5.28. The van der Waals surface area contributed by atoms with E-state index in [1.54, 1.807) is 18.2 Å². The van der Waals surface area contributed by atoms with Gasteiger partial charge in [0.2, 0.25) is 0 Å². The Morgan fingerprint density at radius 1 is 1.10 bits per heavy atom. The summed E-state index contributed by atoms with van der Waals surface area (Å²) in [5.74, 6) is 0.418. The van der Waals surface area contributed by atoms with Crippen LogP contribution >= 0.6 is 0 Å². The highest BCUT2D eigenvalue weighted by molar-refractivity contribution is 7.90. The molecule has 2 aromatic carbocycles. The van der Waals surface area contributed by atoms with E-state index < -0.39 is 9.84 Å². The second-order valence-electron chi connectivity index (χ2n) is 8.23. The molecular weight excluding hydrogens is 400 g/mol. The Kier molecular flexibility index (Phi) is 7.02. The summed E-state index contributed by atoms with van der Waals surface area (Å²) in [6.45, 7) is 6.33. The number of piperazine rings is 1. The van der Waals surface area contributed by atoms with E-state index in [1.807, 2.05) is 41.3 Å². The number of carbonyl (C=O) groups is 1. The molecule has 1 atom stereocenters. The van der Waals surface area contributed by atoms with Gasteiger partial charge in [0.05, 0.1) is 10.9 Å². The minimum atomic E-state index is -3.27. The molecule has 1 amide bonds. The number of rotatable bonds is 6. The second-order valence-corrected chi connectivity index (χ2v) is 10.2. The molecular formula is C23H30N2O4S. The molecule has 6 nitrogen and oxygen atoms in total. The van der Waals surface area contributed by atoms with E-state index in [1.165, 1.54) is 6.26 Å². The average Bonchev–Trinajstić information content (AvgIpc) is 2.72. The zero-order chi connectivity index (χ0) is 21.7. The van der Waals surface area contributed by atoms with Crippen molar-refractivity contribution in [1.82, 2.24) is 4.90 Å². The van der Waals surface area contributed by atoms with Crippen LogP contribution < -0.4 is 4.90 Å². The molecule has 1 heterocycles. The summed E-state index contributed by atoms with van der Waals surface area (Å²) in [4.78, 5) is 17.1. The summed E-state index contributed by atoms with van der Waals surface area (Å²) >= 11 is 0. The van der Waals surface area contributed by atoms with Crippen molar-refractivity contribution in [3.05, 3.63) is 60.2 Å². The van der Waals surface area contributed by atoms with E-state index >= 15 is 0 Å². The molecule has 30 heavy (non-hydrogen) atoms. The molecule has 162 valence electrons. The van der Waals surface area contributed by atoms with E-state index in [0.717, 1.165) is 17.7 Å². The zero-order valence-electron chi connectivity index (χ0n) is 17.8. The van der Waals surface area contributed by atoms with Gasteiger partial charge in [-0.3, -0.25) is 0 Å². The zero-order valence-corrected chi connectivity index (χ0v) is 18.6. The summed E-state index contributed by atoms with van der Waals surface area (Å²) in [7, 11) is -3.27. The first-order valence-electron chi connectivity index (χ1n) is 10.3. The molecule has 1 saturated heterocycles. The van der Waals surface area contributed by atoms with Crippen LogP contribution in [-0.2, 0) is 21.2 Å². The van der Waals surface area contributed by atoms with E-state index in [9.17, 15) is 13.2 Å². The Hall–Kier alpha value is -2.54. The smallest absolute Gasteiger partial charge is 0.410 e. The van der Waals surface area contributed by atoms with Crippen molar-refractivity contribution >= 4 is 21.6 Å². The lowest BCUT2D eigenvalue weighted by Gasteiger charge is -2.42. The molecule has 0 bridgehead atoms. The predicted molar refractivity (Wildman–Crippen MR) is 118 cm³/mol. The lowest BCUT2D eigenvalue weighted by Crippen LogP contribution is -2.55. The van der Waals surface area contributed by atoms with Crippen molar-refractivity contribution in [1.29, 1.82) is 0 Å². The number of anilines is 1. The van der Waals surface area contributed by atoms with Gasteiger partial charge in [0.1, 0.15) is 6.61 Å². The molecule has 3 rings (SSSR count). The highest BCUT2D eigenvalue weighted by Crippen LogP contribution is 2.25. The minimum Gasteiger partial charge on any atom is -0.445 e. The number of sulfone groups is 1. The van der Waals surface area contributed by atoms with Crippen LogP contribution in [0.25, 0.3) is 0 Å². The maximum Gasteiger partial charge on any atom is 0.410 e. The molecule has 1 aliphatic heterocycles. The van der Waals surface area contributed by atoms with E-state index in [0.29, 0.717) is 30.4 Å². The first-order valence-corrected chi connectivity index (χ1v) is 12.2. The molecule has 1 fully saturated rings. The van der Waals surface area contributed by atoms with Crippen LogP contribution in [0.4, 0.5) is 10.5 Å². The maximum absolute atomic E-state index is 12.8. The van der Waals surface area contributed by atoms with Gasteiger partial charge in [0.15, 0.2) is 9.84 Å². The maximum atomic E-state index is 12.8. The molecule has 2 aromatic rings. The molecule has 0 aromatic heterocycles. The average molecular weight is 431 g/mol. The van der Waals surface area contributed by atoms with Crippen molar-refractivity contribution in [3.8, 4) is 0 Å². The third kappa shape index (κ3) is 5.75. The van der Waals surface area contributed by atoms with Crippen LogP contribution in [0.1, 0.15) is 25.8 Å². The van der Waals surface area contributed by atoms with Crippen LogP contribution in [0.5, 0.6) is 0 Å². The summed E-state index contributed by atoms with van der Waals surface area (Å²) in [5.41, 5.74) is 1.83. The fourth-order valence-corrected chi connectivity index (χ4v) is 4.45.